The van der Waals surface area contributed by atoms with Gasteiger partial charge in [-0.05, 0) is 49.9 Å². The lowest BCUT2D eigenvalue weighted by Crippen LogP contribution is -2.31. The molecule has 0 amide bonds. The van der Waals surface area contributed by atoms with E-state index >= 15 is 0 Å². The van der Waals surface area contributed by atoms with E-state index in [1.807, 2.05) is 0 Å². The van der Waals surface area contributed by atoms with Crippen molar-refractivity contribution in [2.24, 2.45) is 0 Å². The van der Waals surface area contributed by atoms with Crippen LogP contribution in [-0.4, -0.2) is 45.8 Å². The molecule has 0 radical (unpaired) electrons. The lowest BCUT2D eigenvalue weighted by Gasteiger charge is -2.32. The van der Waals surface area contributed by atoms with Crippen LogP contribution in [0, 0.1) is 0 Å². The summed E-state index contributed by atoms with van der Waals surface area (Å²) in [7, 11) is -0.833. The van der Waals surface area contributed by atoms with E-state index in [1.54, 1.807) is 0 Å². The van der Waals surface area contributed by atoms with E-state index < -0.39 is 19.5 Å². The zero-order valence-electron chi connectivity index (χ0n) is 16.8. The maximum Gasteiger partial charge on any atom is 0.167 e. The van der Waals surface area contributed by atoms with Gasteiger partial charge in [0.05, 0.1) is 0 Å². The fourth-order valence-corrected chi connectivity index (χ4v) is 5.96. The first-order chi connectivity index (χ1) is 11.1. The zero-order chi connectivity index (χ0) is 17.6. The van der Waals surface area contributed by atoms with Crippen molar-refractivity contribution in [2.45, 2.75) is 90.1 Å². The van der Waals surface area contributed by atoms with Crippen molar-refractivity contribution in [2.75, 3.05) is 26.3 Å². The molecule has 140 valence electrons. The first-order valence-electron chi connectivity index (χ1n) is 9.93. The summed E-state index contributed by atoms with van der Waals surface area (Å²) < 4.78 is 11.7. The second-order valence-corrected chi connectivity index (χ2v) is 11.3. The van der Waals surface area contributed by atoms with Gasteiger partial charge in [-0.2, -0.15) is 0 Å². The summed E-state index contributed by atoms with van der Waals surface area (Å²) in [5.41, 5.74) is 0. The van der Waals surface area contributed by atoms with Crippen LogP contribution >= 0.6 is 0 Å². The van der Waals surface area contributed by atoms with Gasteiger partial charge in [0, 0.05) is 13.2 Å². The van der Waals surface area contributed by atoms with Crippen LogP contribution in [0.15, 0.2) is 0 Å². The van der Waals surface area contributed by atoms with Crippen molar-refractivity contribution in [1.82, 2.24) is 5.32 Å². The molecule has 1 N–H and O–H groups in total. The fraction of sp³-hybridized carbons (Fsp3) is 1.00. The number of hydrogen-bond donors (Lipinski definition) is 1. The van der Waals surface area contributed by atoms with Crippen LogP contribution in [0.3, 0.4) is 0 Å². The van der Waals surface area contributed by atoms with Crippen molar-refractivity contribution in [3.8, 4) is 0 Å². The third kappa shape index (κ3) is 8.82. The number of rotatable bonds is 16. The second-order valence-electron chi connectivity index (χ2n) is 6.94. The van der Waals surface area contributed by atoms with Crippen molar-refractivity contribution in [3.63, 3.8) is 0 Å². The molecule has 23 heavy (non-hydrogen) atoms. The monoisotopic (exact) mass is 361 g/mol. The Hall–Kier alpha value is 0.314. The van der Waals surface area contributed by atoms with Crippen molar-refractivity contribution < 1.29 is 8.85 Å². The summed E-state index contributed by atoms with van der Waals surface area (Å²) >= 11 is 0. The highest BCUT2D eigenvalue weighted by Gasteiger charge is 2.28. The first kappa shape index (κ1) is 23.3. The molecule has 0 saturated heterocycles. The normalized spacial score (nSPS) is 13.8. The van der Waals surface area contributed by atoms with Gasteiger partial charge in [0.1, 0.15) is 0 Å². The second kappa shape index (κ2) is 13.6. The summed E-state index contributed by atoms with van der Waals surface area (Å²) in [6.07, 6.45) is 7.62. The molecule has 0 aromatic rings. The average Bonchev–Trinajstić information content (AvgIpc) is 2.60. The van der Waals surface area contributed by atoms with E-state index in [4.69, 9.17) is 8.85 Å². The quantitative estimate of drug-likeness (QED) is 0.337. The fourth-order valence-electron chi connectivity index (χ4n) is 3.23. The van der Waals surface area contributed by atoms with Gasteiger partial charge >= 0.3 is 0 Å². The maximum absolute atomic E-state index is 5.87. The van der Waals surface area contributed by atoms with Gasteiger partial charge in [-0.25, -0.2) is 0 Å². The van der Waals surface area contributed by atoms with Crippen LogP contribution in [0.25, 0.3) is 0 Å². The molecule has 0 aromatic carbocycles. The van der Waals surface area contributed by atoms with Crippen molar-refractivity contribution in [3.05, 3.63) is 0 Å². The number of hydrogen-bond acceptors (Lipinski definition) is 3. The molecule has 0 aliphatic heterocycles. The van der Waals surface area contributed by atoms with Gasteiger partial charge in [0.15, 0.2) is 19.5 Å². The van der Waals surface area contributed by atoms with Crippen LogP contribution in [-0.2, 0) is 8.85 Å². The van der Waals surface area contributed by atoms with E-state index in [0.29, 0.717) is 10.1 Å². The molecule has 0 saturated carbocycles. The van der Waals surface area contributed by atoms with Gasteiger partial charge in [-0.15, -0.1) is 0 Å². The third-order valence-electron chi connectivity index (χ3n) is 5.89. The highest BCUT2D eigenvalue weighted by Crippen LogP contribution is 2.38. The molecule has 5 heteroatoms. The summed E-state index contributed by atoms with van der Waals surface area (Å²) in [5, 5.41) is 4.71. The van der Waals surface area contributed by atoms with E-state index in [9.17, 15) is 0 Å². The highest BCUT2D eigenvalue weighted by atomic mass is 28.2. The lowest BCUT2D eigenvalue weighted by atomic mass is 9.96. The summed E-state index contributed by atoms with van der Waals surface area (Å²) in [5.74, 6) is 0. The molecular formula is C18H43NO2Si2. The van der Waals surface area contributed by atoms with Gasteiger partial charge in [-0.1, -0.05) is 53.4 Å². The molecule has 0 bridgehead atoms. The van der Waals surface area contributed by atoms with Gasteiger partial charge in [0.2, 0.25) is 0 Å². The Morgan fingerprint density at radius 1 is 0.652 bits per heavy atom. The van der Waals surface area contributed by atoms with E-state index in [-0.39, 0.29) is 0 Å². The minimum absolute atomic E-state index is 0.416. The van der Waals surface area contributed by atoms with Gasteiger partial charge in [0.25, 0.3) is 0 Å². The Balaban J connectivity index is 4.21. The van der Waals surface area contributed by atoms with Crippen LogP contribution in [0.2, 0.25) is 10.1 Å². The molecule has 0 aliphatic rings. The predicted molar refractivity (Wildman–Crippen MR) is 109 cm³/mol. The Labute approximate surface area is 150 Å². The van der Waals surface area contributed by atoms with Crippen LogP contribution in [0.5, 0.6) is 0 Å². The standard InChI is InChI=1S/C18H43NO2Si2/c1-7-17(8-2,22-20-11-5)13-15-19-16-14-18(9-3,10-4)23-21-12-6/h19H,7-16,22-23H2,1-6H3. The lowest BCUT2D eigenvalue weighted by molar-refractivity contribution is 0.309. The molecule has 0 spiro atoms. The van der Waals surface area contributed by atoms with E-state index in [2.05, 4.69) is 46.9 Å². The molecule has 0 unspecified atom stereocenters. The van der Waals surface area contributed by atoms with Gasteiger partial charge < -0.3 is 14.2 Å². The molecule has 0 rings (SSSR count). The molecule has 0 aromatic heterocycles. The van der Waals surface area contributed by atoms with E-state index in [0.717, 1.165) is 26.3 Å². The Kier molecular flexibility index (Phi) is 13.8. The average molecular weight is 362 g/mol. The van der Waals surface area contributed by atoms with Gasteiger partial charge in [-0.3, -0.25) is 0 Å². The molecule has 0 heterocycles. The number of nitrogens with one attached hydrogen (secondary N) is 1. The molecule has 3 nitrogen and oxygen atoms in total. The third-order valence-corrected chi connectivity index (χ3v) is 11.0. The van der Waals surface area contributed by atoms with Crippen LogP contribution < -0.4 is 5.32 Å². The summed E-state index contributed by atoms with van der Waals surface area (Å²) in [4.78, 5) is 0. The minimum atomic E-state index is -0.416. The molecule has 0 fully saturated rings. The highest BCUT2D eigenvalue weighted by molar-refractivity contribution is 6.32. The Morgan fingerprint density at radius 2 is 1.00 bits per heavy atom. The van der Waals surface area contributed by atoms with Crippen LogP contribution in [0.1, 0.15) is 80.1 Å². The maximum atomic E-state index is 5.87. The minimum Gasteiger partial charge on any atom is -0.424 e. The Bertz CT molecular complexity index is 244. The van der Waals surface area contributed by atoms with Crippen molar-refractivity contribution in [1.29, 1.82) is 0 Å². The largest absolute Gasteiger partial charge is 0.424 e. The first-order valence-corrected chi connectivity index (χ1v) is 12.5. The van der Waals surface area contributed by atoms with Crippen molar-refractivity contribution >= 4 is 19.5 Å². The topological polar surface area (TPSA) is 30.5 Å². The SMILES string of the molecule is CCO[SiH2]C(CC)(CC)CCNCCC(CC)(CC)[SiH2]OCC. The van der Waals surface area contributed by atoms with Crippen LogP contribution in [0.4, 0.5) is 0 Å². The molecule has 0 atom stereocenters. The summed E-state index contributed by atoms with van der Waals surface area (Å²) in [6, 6.07) is 0. The van der Waals surface area contributed by atoms with E-state index in [1.165, 1.54) is 38.5 Å². The molecular weight excluding hydrogens is 318 g/mol. The Morgan fingerprint density at radius 3 is 1.26 bits per heavy atom. The smallest absolute Gasteiger partial charge is 0.167 e. The predicted octanol–water partition coefficient (Wildman–Crippen LogP) is 3.55. The summed E-state index contributed by atoms with van der Waals surface area (Å²) in [6.45, 7) is 17.6. The zero-order valence-corrected chi connectivity index (χ0v) is 19.6. The molecule has 0 aliphatic carbocycles.